The predicted octanol–water partition coefficient (Wildman–Crippen LogP) is 0.828. The van der Waals surface area contributed by atoms with Gasteiger partial charge in [0, 0.05) is 15.6 Å². The predicted molar refractivity (Wildman–Crippen MR) is 103 cm³/mol. The molecule has 0 atom stereocenters. The summed E-state index contributed by atoms with van der Waals surface area (Å²) in [6.07, 6.45) is 1.94. The zero-order chi connectivity index (χ0) is 18.1. The largest absolute Gasteiger partial charge is 1.00 e. The number of Topliss-reactive ketones (excluding diaryl/α,β-unsaturated/α-hetero) is 1. The summed E-state index contributed by atoms with van der Waals surface area (Å²) in [4.78, 5) is 12.5. The fourth-order valence-corrected chi connectivity index (χ4v) is 3.06. The Kier molecular flexibility index (Phi) is 6.42. The second-order valence-electron chi connectivity index (χ2n) is 6.29. The van der Waals surface area contributed by atoms with Gasteiger partial charge >= 0.3 is 5.95 Å². The molecule has 4 nitrogen and oxygen atoms in total. The quantitative estimate of drug-likeness (QED) is 0.446. The maximum Gasteiger partial charge on any atom is 0.355 e. The van der Waals surface area contributed by atoms with Crippen LogP contribution in [-0.4, -0.2) is 10.4 Å². The molecule has 2 aromatic carbocycles. The molecule has 26 heavy (non-hydrogen) atoms. The van der Waals surface area contributed by atoms with Crippen LogP contribution in [-0.2, 0) is 13.6 Å². The van der Waals surface area contributed by atoms with E-state index in [1.165, 1.54) is 11.1 Å². The lowest BCUT2D eigenvalue weighted by molar-refractivity contribution is -0.667. The van der Waals surface area contributed by atoms with Crippen LogP contribution in [0.2, 0.25) is 0 Å². The van der Waals surface area contributed by atoms with Crippen molar-refractivity contribution in [1.29, 1.82) is 0 Å². The summed E-state index contributed by atoms with van der Waals surface area (Å²) in [5.74, 6) is 0.583. The van der Waals surface area contributed by atoms with Crippen LogP contribution in [0.25, 0.3) is 11.3 Å². The molecule has 136 valence electrons. The first kappa shape index (κ1) is 20.4. The summed E-state index contributed by atoms with van der Waals surface area (Å²) in [6, 6.07) is 13.7. The van der Waals surface area contributed by atoms with Gasteiger partial charge < -0.3 is 17.0 Å². The average Bonchev–Trinajstić information content (AvgIpc) is 2.86. The number of anilines is 1. The van der Waals surface area contributed by atoms with E-state index in [0.29, 0.717) is 11.5 Å². The van der Waals surface area contributed by atoms with Crippen LogP contribution in [0.3, 0.4) is 0 Å². The van der Waals surface area contributed by atoms with Gasteiger partial charge in [0.25, 0.3) is 0 Å². The third-order valence-corrected chi connectivity index (χ3v) is 5.09. The minimum absolute atomic E-state index is 0. The Labute approximate surface area is 172 Å². The molecule has 0 aliphatic heterocycles. The SMILES string of the molecule is Cc1ccc(-c2c[n+](CC(=O)c3ccc(Br)cc3)c(N)n2C)cc1C.[Br-]. The Hall–Kier alpha value is -1.92. The molecule has 0 spiro atoms. The molecule has 2 N–H and O–H groups in total. The van der Waals surface area contributed by atoms with Gasteiger partial charge in [-0.3, -0.25) is 10.5 Å². The average molecular weight is 479 g/mol. The van der Waals surface area contributed by atoms with E-state index in [1.807, 2.05) is 42.1 Å². The molecule has 0 bridgehead atoms. The van der Waals surface area contributed by atoms with Gasteiger partial charge in [0.1, 0.15) is 18.4 Å². The molecular formula is C20H21Br2N3O. The minimum Gasteiger partial charge on any atom is -1.00 e. The molecule has 0 unspecified atom stereocenters. The number of nitrogen functional groups attached to an aromatic ring is 1. The van der Waals surface area contributed by atoms with Crippen LogP contribution in [0, 0.1) is 13.8 Å². The maximum atomic E-state index is 12.5. The maximum absolute atomic E-state index is 12.5. The van der Waals surface area contributed by atoms with Crippen molar-refractivity contribution in [3.05, 3.63) is 69.8 Å². The lowest BCUT2D eigenvalue weighted by Crippen LogP contribution is -3.00. The first-order valence-electron chi connectivity index (χ1n) is 8.08. The Morgan fingerprint density at radius 1 is 1.12 bits per heavy atom. The van der Waals surface area contributed by atoms with Crippen molar-refractivity contribution in [2.45, 2.75) is 20.4 Å². The minimum atomic E-state index is 0. The van der Waals surface area contributed by atoms with Crippen molar-refractivity contribution in [3.63, 3.8) is 0 Å². The number of aryl methyl sites for hydroxylation is 2. The summed E-state index contributed by atoms with van der Waals surface area (Å²) in [5, 5.41) is 0. The van der Waals surface area contributed by atoms with Gasteiger partial charge in [-0.05, 0) is 43.2 Å². The fraction of sp³-hybridized carbons (Fsp3) is 0.200. The highest BCUT2D eigenvalue weighted by Gasteiger charge is 2.20. The number of halogens is 2. The first-order chi connectivity index (χ1) is 11.9. The van der Waals surface area contributed by atoms with E-state index >= 15 is 0 Å². The number of imidazole rings is 1. The van der Waals surface area contributed by atoms with Gasteiger partial charge in [-0.15, -0.1) is 0 Å². The smallest absolute Gasteiger partial charge is 0.355 e. The van der Waals surface area contributed by atoms with Gasteiger partial charge in [0.15, 0.2) is 5.78 Å². The van der Waals surface area contributed by atoms with Crippen molar-refractivity contribution >= 4 is 27.7 Å². The highest BCUT2D eigenvalue weighted by atomic mass is 79.9. The van der Waals surface area contributed by atoms with Gasteiger partial charge in [0.05, 0.1) is 7.05 Å². The highest BCUT2D eigenvalue weighted by molar-refractivity contribution is 9.10. The van der Waals surface area contributed by atoms with E-state index in [9.17, 15) is 4.79 Å². The van der Waals surface area contributed by atoms with Crippen LogP contribution < -0.4 is 27.3 Å². The fourth-order valence-electron chi connectivity index (χ4n) is 2.79. The second kappa shape index (κ2) is 8.18. The van der Waals surface area contributed by atoms with Crippen LogP contribution >= 0.6 is 15.9 Å². The number of nitrogens with two attached hydrogens (primary N) is 1. The number of carbonyl (C=O) groups is 1. The number of nitrogens with zero attached hydrogens (tertiary/aromatic N) is 2. The standard InChI is InChI=1S/C20H20BrN3O.BrH/c1-13-4-5-16(10-14(13)2)18-11-24(20(22)23(18)3)12-19(25)15-6-8-17(21)9-7-15;/h4-11,22H,12H2,1-3H3;1H. The second-order valence-corrected chi connectivity index (χ2v) is 7.20. The number of hydrogen-bond donors (Lipinski definition) is 1. The van der Waals surface area contributed by atoms with Gasteiger partial charge in [0.2, 0.25) is 0 Å². The summed E-state index contributed by atoms with van der Waals surface area (Å²) in [7, 11) is 1.92. The topological polar surface area (TPSA) is 51.9 Å². The lowest BCUT2D eigenvalue weighted by Gasteiger charge is -2.03. The molecule has 6 heteroatoms. The zero-order valence-corrected chi connectivity index (χ0v) is 18.1. The van der Waals surface area contributed by atoms with Crippen LogP contribution in [0.4, 0.5) is 5.95 Å². The van der Waals surface area contributed by atoms with Crippen molar-refractivity contribution in [1.82, 2.24) is 4.57 Å². The molecule has 3 rings (SSSR count). The first-order valence-corrected chi connectivity index (χ1v) is 8.87. The molecular weight excluding hydrogens is 458 g/mol. The van der Waals surface area contributed by atoms with E-state index in [-0.39, 0.29) is 29.3 Å². The van der Waals surface area contributed by atoms with Gasteiger partial charge in [-0.25, -0.2) is 9.13 Å². The molecule has 0 saturated carbocycles. The number of benzene rings is 2. The van der Waals surface area contributed by atoms with Crippen LogP contribution in [0.1, 0.15) is 21.5 Å². The number of rotatable bonds is 4. The Morgan fingerprint density at radius 3 is 2.38 bits per heavy atom. The normalized spacial score (nSPS) is 10.5. The zero-order valence-electron chi connectivity index (χ0n) is 15.0. The third kappa shape index (κ3) is 4.07. The lowest BCUT2D eigenvalue weighted by atomic mass is 10.0. The third-order valence-electron chi connectivity index (χ3n) is 4.56. The van der Waals surface area contributed by atoms with E-state index in [1.54, 1.807) is 4.57 Å². The number of carbonyl (C=O) groups excluding carboxylic acids is 1. The summed E-state index contributed by atoms with van der Waals surface area (Å²) < 4.78 is 4.67. The van der Waals surface area contributed by atoms with E-state index in [0.717, 1.165) is 15.7 Å². The van der Waals surface area contributed by atoms with Crippen molar-refractivity contribution < 1.29 is 26.3 Å². The molecule has 0 amide bonds. The number of ketones is 1. The Balaban J connectivity index is 0.00000243. The summed E-state index contributed by atoms with van der Waals surface area (Å²) >= 11 is 3.38. The molecule has 0 aliphatic carbocycles. The molecule has 0 fully saturated rings. The van der Waals surface area contributed by atoms with Crippen molar-refractivity contribution in [2.24, 2.45) is 7.05 Å². The monoisotopic (exact) mass is 477 g/mol. The van der Waals surface area contributed by atoms with Crippen LogP contribution in [0.15, 0.2) is 53.1 Å². The van der Waals surface area contributed by atoms with Crippen LogP contribution in [0.5, 0.6) is 0 Å². The molecule has 3 aromatic rings. The molecule has 0 saturated heterocycles. The Morgan fingerprint density at radius 2 is 1.77 bits per heavy atom. The van der Waals surface area contributed by atoms with Crippen molar-refractivity contribution in [3.8, 4) is 11.3 Å². The summed E-state index contributed by atoms with van der Waals surface area (Å²) in [6.45, 7) is 4.40. The van der Waals surface area contributed by atoms with Gasteiger partial charge in [-0.1, -0.05) is 40.2 Å². The number of hydrogen-bond acceptors (Lipinski definition) is 2. The van der Waals surface area contributed by atoms with E-state index in [2.05, 4.69) is 48.0 Å². The molecule has 1 aromatic heterocycles. The number of aromatic nitrogens is 2. The Bertz CT molecular complexity index is 946. The van der Waals surface area contributed by atoms with Gasteiger partial charge in [-0.2, -0.15) is 0 Å². The van der Waals surface area contributed by atoms with E-state index < -0.39 is 0 Å². The highest BCUT2D eigenvalue weighted by Crippen LogP contribution is 2.22. The van der Waals surface area contributed by atoms with E-state index in [4.69, 9.17) is 5.73 Å². The molecule has 0 aliphatic rings. The molecule has 1 heterocycles. The molecule has 0 radical (unpaired) electrons. The summed E-state index contributed by atoms with van der Waals surface area (Å²) in [5.41, 5.74) is 11.5. The van der Waals surface area contributed by atoms with Crippen molar-refractivity contribution in [2.75, 3.05) is 5.73 Å².